The van der Waals surface area contributed by atoms with Gasteiger partial charge < -0.3 is 10.1 Å². The van der Waals surface area contributed by atoms with Gasteiger partial charge in [-0.1, -0.05) is 39.0 Å². The van der Waals surface area contributed by atoms with E-state index in [1.807, 2.05) is 6.92 Å². The van der Waals surface area contributed by atoms with Crippen LogP contribution in [-0.4, -0.2) is 13.2 Å². The van der Waals surface area contributed by atoms with Crippen molar-refractivity contribution in [2.45, 2.75) is 40.7 Å². The highest BCUT2D eigenvalue weighted by Gasteiger charge is 2.09. The van der Waals surface area contributed by atoms with Crippen molar-refractivity contribution < 1.29 is 4.74 Å². The first-order chi connectivity index (χ1) is 8.03. The second kappa shape index (κ2) is 6.65. The number of ether oxygens (including phenoxy) is 1. The average Bonchev–Trinajstić information content (AvgIpc) is 2.26. The van der Waals surface area contributed by atoms with E-state index in [0.717, 1.165) is 19.6 Å². The summed E-state index contributed by atoms with van der Waals surface area (Å²) in [6.45, 7) is 11.3. The highest BCUT2D eigenvalue weighted by Crippen LogP contribution is 2.20. The molecule has 0 heterocycles. The topological polar surface area (TPSA) is 21.3 Å². The Hall–Kier alpha value is -1.02. The van der Waals surface area contributed by atoms with Gasteiger partial charge in [0.25, 0.3) is 0 Å². The van der Waals surface area contributed by atoms with Crippen LogP contribution >= 0.6 is 0 Å². The van der Waals surface area contributed by atoms with Crippen molar-refractivity contribution in [3.63, 3.8) is 0 Å². The predicted octanol–water partition coefficient (Wildman–Crippen LogP) is 4.07. The van der Waals surface area contributed by atoms with Gasteiger partial charge in [0.15, 0.2) is 0 Å². The minimum atomic E-state index is 0.377. The minimum absolute atomic E-state index is 0.377. The van der Waals surface area contributed by atoms with Crippen molar-refractivity contribution >= 4 is 5.69 Å². The van der Waals surface area contributed by atoms with Crippen LogP contribution in [0.1, 0.15) is 39.7 Å². The molecule has 1 aromatic rings. The maximum atomic E-state index is 5.47. The van der Waals surface area contributed by atoms with E-state index in [-0.39, 0.29) is 0 Å². The molecule has 0 fully saturated rings. The molecule has 2 heteroatoms. The van der Waals surface area contributed by atoms with Gasteiger partial charge in [-0.3, -0.25) is 0 Å². The molecular formula is C15H25NO. The summed E-state index contributed by atoms with van der Waals surface area (Å²) in [5, 5.41) is 3.50. The quantitative estimate of drug-likeness (QED) is 0.802. The maximum absolute atomic E-state index is 5.47. The Labute approximate surface area is 105 Å². The molecule has 0 spiro atoms. The summed E-state index contributed by atoms with van der Waals surface area (Å²) < 4.78 is 5.47. The summed E-state index contributed by atoms with van der Waals surface area (Å²) in [4.78, 5) is 0. The molecule has 0 radical (unpaired) electrons. The molecule has 0 saturated carbocycles. The molecule has 0 bridgehead atoms. The van der Waals surface area contributed by atoms with E-state index in [1.165, 1.54) is 11.3 Å². The Bertz CT molecular complexity index is 328. The van der Waals surface area contributed by atoms with Gasteiger partial charge >= 0.3 is 0 Å². The van der Waals surface area contributed by atoms with Gasteiger partial charge in [0.1, 0.15) is 0 Å². The molecule has 1 rings (SSSR count). The molecule has 2 nitrogen and oxygen atoms in total. The third-order valence-corrected chi connectivity index (χ3v) is 2.67. The number of anilines is 1. The molecule has 0 atom stereocenters. The standard InChI is InChI=1S/C15H25NO/c1-5-17-12-13-8-6-7-9-14(13)16-11-10-15(2,3)4/h6-9,16H,5,10-12H2,1-4H3. The normalized spacial score (nSPS) is 11.5. The van der Waals surface area contributed by atoms with Crippen LogP contribution in [0.4, 0.5) is 5.69 Å². The summed E-state index contributed by atoms with van der Waals surface area (Å²) in [5.74, 6) is 0. The zero-order chi connectivity index (χ0) is 12.7. The zero-order valence-corrected chi connectivity index (χ0v) is 11.5. The van der Waals surface area contributed by atoms with E-state index in [0.29, 0.717) is 12.0 Å². The smallest absolute Gasteiger partial charge is 0.0736 e. The van der Waals surface area contributed by atoms with Gasteiger partial charge in [0, 0.05) is 24.4 Å². The fraction of sp³-hybridized carbons (Fsp3) is 0.600. The lowest BCUT2D eigenvalue weighted by Gasteiger charge is -2.19. The largest absolute Gasteiger partial charge is 0.385 e. The van der Waals surface area contributed by atoms with Crippen molar-refractivity contribution in [1.29, 1.82) is 0 Å². The third kappa shape index (κ3) is 5.73. The van der Waals surface area contributed by atoms with Gasteiger partial charge in [0.05, 0.1) is 6.61 Å². The number of para-hydroxylation sites is 1. The van der Waals surface area contributed by atoms with Gasteiger partial charge in [-0.2, -0.15) is 0 Å². The maximum Gasteiger partial charge on any atom is 0.0736 e. The summed E-state index contributed by atoms with van der Waals surface area (Å²) in [6, 6.07) is 8.37. The van der Waals surface area contributed by atoms with Gasteiger partial charge in [-0.05, 0) is 24.8 Å². The van der Waals surface area contributed by atoms with Crippen LogP contribution in [0.25, 0.3) is 0 Å². The minimum Gasteiger partial charge on any atom is -0.385 e. The van der Waals surface area contributed by atoms with Crippen molar-refractivity contribution in [2.24, 2.45) is 5.41 Å². The molecule has 1 aromatic carbocycles. The number of rotatable bonds is 6. The molecule has 0 aromatic heterocycles. The van der Waals surface area contributed by atoms with E-state index < -0.39 is 0 Å². The molecule has 0 amide bonds. The van der Waals surface area contributed by atoms with Crippen molar-refractivity contribution in [2.75, 3.05) is 18.5 Å². The predicted molar refractivity (Wildman–Crippen MR) is 74.3 cm³/mol. The molecule has 0 saturated heterocycles. The highest BCUT2D eigenvalue weighted by molar-refractivity contribution is 5.50. The molecule has 1 N–H and O–H groups in total. The molecule has 0 aliphatic heterocycles. The Morgan fingerprint density at radius 1 is 1.18 bits per heavy atom. The van der Waals surface area contributed by atoms with Crippen LogP contribution < -0.4 is 5.32 Å². The molecule has 0 aliphatic rings. The van der Waals surface area contributed by atoms with Crippen LogP contribution in [0.2, 0.25) is 0 Å². The van der Waals surface area contributed by atoms with Gasteiger partial charge in [-0.15, -0.1) is 0 Å². The second-order valence-corrected chi connectivity index (χ2v) is 5.53. The summed E-state index contributed by atoms with van der Waals surface area (Å²) in [7, 11) is 0. The fourth-order valence-electron chi connectivity index (χ4n) is 1.60. The van der Waals surface area contributed by atoms with Crippen LogP contribution in [0.5, 0.6) is 0 Å². The molecule has 0 unspecified atom stereocenters. The van der Waals surface area contributed by atoms with Crippen LogP contribution in [0, 0.1) is 5.41 Å². The molecule has 0 aliphatic carbocycles. The average molecular weight is 235 g/mol. The van der Waals surface area contributed by atoms with E-state index in [4.69, 9.17) is 4.74 Å². The van der Waals surface area contributed by atoms with Gasteiger partial charge in [0.2, 0.25) is 0 Å². The SMILES string of the molecule is CCOCc1ccccc1NCCC(C)(C)C. The Morgan fingerprint density at radius 2 is 1.88 bits per heavy atom. The summed E-state index contributed by atoms with van der Waals surface area (Å²) >= 11 is 0. The summed E-state index contributed by atoms with van der Waals surface area (Å²) in [6.07, 6.45) is 1.16. The van der Waals surface area contributed by atoms with E-state index in [1.54, 1.807) is 0 Å². The lowest BCUT2D eigenvalue weighted by atomic mass is 9.92. The Morgan fingerprint density at radius 3 is 2.53 bits per heavy atom. The summed E-state index contributed by atoms with van der Waals surface area (Å²) in [5.41, 5.74) is 2.82. The van der Waals surface area contributed by atoms with E-state index >= 15 is 0 Å². The van der Waals surface area contributed by atoms with Crippen LogP contribution in [0.15, 0.2) is 24.3 Å². The first kappa shape index (κ1) is 14.0. The third-order valence-electron chi connectivity index (χ3n) is 2.67. The number of hydrogen-bond donors (Lipinski definition) is 1. The number of hydrogen-bond acceptors (Lipinski definition) is 2. The van der Waals surface area contributed by atoms with Crippen LogP contribution in [-0.2, 0) is 11.3 Å². The number of nitrogens with one attached hydrogen (secondary N) is 1. The lowest BCUT2D eigenvalue weighted by Crippen LogP contribution is -2.13. The second-order valence-electron chi connectivity index (χ2n) is 5.53. The zero-order valence-electron chi connectivity index (χ0n) is 11.5. The Balaban J connectivity index is 2.51. The highest BCUT2D eigenvalue weighted by atomic mass is 16.5. The lowest BCUT2D eigenvalue weighted by molar-refractivity contribution is 0.134. The van der Waals surface area contributed by atoms with E-state index in [9.17, 15) is 0 Å². The fourth-order valence-corrected chi connectivity index (χ4v) is 1.60. The monoisotopic (exact) mass is 235 g/mol. The van der Waals surface area contributed by atoms with Crippen molar-refractivity contribution in [1.82, 2.24) is 0 Å². The first-order valence-corrected chi connectivity index (χ1v) is 6.42. The molecule has 17 heavy (non-hydrogen) atoms. The van der Waals surface area contributed by atoms with Crippen LogP contribution in [0.3, 0.4) is 0 Å². The first-order valence-electron chi connectivity index (χ1n) is 6.42. The molecule has 96 valence electrons. The van der Waals surface area contributed by atoms with Gasteiger partial charge in [-0.25, -0.2) is 0 Å². The van der Waals surface area contributed by atoms with Crippen molar-refractivity contribution in [3.8, 4) is 0 Å². The number of benzene rings is 1. The molecular weight excluding hydrogens is 210 g/mol. The van der Waals surface area contributed by atoms with Crippen molar-refractivity contribution in [3.05, 3.63) is 29.8 Å². The van der Waals surface area contributed by atoms with E-state index in [2.05, 4.69) is 50.4 Å². The Kier molecular flexibility index (Phi) is 5.49.